The molecule has 8 nitrogen and oxygen atoms in total. The molecule has 0 radical (unpaired) electrons. The molecule has 2 rings (SSSR count). The van der Waals surface area contributed by atoms with Gasteiger partial charge in [-0.05, 0) is 25.1 Å². The highest BCUT2D eigenvalue weighted by atomic mass is 32.2. The third-order valence-corrected chi connectivity index (χ3v) is 4.04. The van der Waals surface area contributed by atoms with Crippen molar-refractivity contribution in [2.45, 2.75) is 11.8 Å². The number of aryl methyl sites for hydroxylation is 1. The summed E-state index contributed by atoms with van der Waals surface area (Å²) in [7, 11) is -2.52. The Morgan fingerprint density at radius 2 is 2.10 bits per heavy atom. The molecule has 1 amide bonds. The van der Waals surface area contributed by atoms with Gasteiger partial charge in [-0.2, -0.15) is 5.10 Å². The second kappa shape index (κ2) is 5.44. The van der Waals surface area contributed by atoms with Crippen molar-refractivity contribution in [1.29, 1.82) is 0 Å². The molecule has 1 aromatic heterocycles. The van der Waals surface area contributed by atoms with E-state index in [9.17, 15) is 13.2 Å². The molecule has 0 aliphatic heterocycles. The van der Waals surface area contributed by atoms with E-state index in [0.717, 1.165) is 6.07 Å². The molecule has 112 valence electrons. The molecule has 2 aromatic rings. The summed E-state index contributed by atoms with van der Waals surface area (Å²) in [6.45, 7) is 1.74. The number of carbonyl (C=O) groups is 1. The number of benzene rings is 1. The van der Waals surface area contributed by atoms with Crippen LogP contribution in [0.3, 0.4) is 0 Å². The van der Waals surface area contributed by atoms with E-state index in [1.165, 1.54) is 25.3 Å². The third kappa shape index (κ3) is 3.14. The lowest BCUT2D eigenvalue weighted by molar-refractivity contribution is 0.0997. The van der Waals surface area contributed by atoms with Gasteiger partial charge in [-0.3, -0.25) is 14.6 Å². The zero-order valence-corrected chi connectivity index (χ0v) is 12.2. The van der Waals surface area contributed by atoms with Gasteiger partial charge in [0.2, 0.25) is 0 Å². The number of anilines is 1. The lowest BCUT2D eigenvalue weighted by atomic mass is 10.2. The molecule has 0 fully saturated rings. The average Bonchev–Trinajstić information content (AvgIpc) is 2.82. The number of nitrogens with two attached hydrogens (primary N) is 1. The summed E-state index contributed by atoms with van der Waals surface area (Å²) in [5.74, 6) is -0.416. The molecule has 0 saturated carbocycles. The highest BCUT2D eigenvalue weighted by Crippen LogP contribution is 2.23. The summed E-state index contributed by atoms with van der Waals surface area (Å²) >= 11 is 0. The van der Waals surface area contributed by atoms with Gasteiger partial charge in [0.15, 0.2) is 5.82 Å². The number of sulfonamides is 1. The van der Waals surface area contributed by atoms with Crippen molar-refractivity contribution in [1.82, 2.24) is 10.2 Å². The van der Waals surface area contributed by atoms with E-state index in [0.29, 0.717) is 5.69 Å². The number of aromatic amines is 1. The van der Waals surface area contributed by atoms with Crippen LogP contribution in [0, 0.1) is 6.92 Å². The monoisotopic (exact) mass is 310 g/mol. The minimum atomic E-state index is -3.88. The van der Waals surface area contributed by atoms with Crippen LogP contribution in [0.1, 0.15) is 16.1 Å². The normalized spacial score (nSPS) is 11.1. The molecule has 0 aliphatic rings. The first-order chi connectivity index (χ1) is 9.83. The largest absolute Gasteiger partial charge is 0.496 e. The van der Waals surface area contributed by atoms with Crippen LogP contribution >= 0.6 is 0 Å². The molecule has 0 atom stereocenters. The Balaban J connectivity index is 2.40. The minimum absolute atomic E-state index is 0.0152. The molecule has 0 unspecified atom stereocenters. The van der Waals surface area contributed by atoms with Gasteiger partial charge in [0.25, 0.3) is 15.9 Å². The van der Waals surface area contributed by atoms with Crippen LogP contribution < -0.4 is 15.2 Å². The molecular formula is C12H14N4O4S. The van der Waals surface area contributed by atoms with E-state index in [4.69, 9.17) is 10.5 Å². The number of amides is 1. The predicted octanol–water partition coefficient (Wildman–Crippen LogP) is 0.626. The molecule has 9 heteroatoms. The number of hydrogen-bond acceptors (Lipinski definition) is 5. The van der Waals surface area contributed by atoms with Gasteiger partial charge < -0.3 is 10.5 Å². The zero-order chi connectivity index (χ0) is 15.6. The number of nitrogens with one attached hydrogen (secondary N) is 2. The smallest absolute Gasteiger partial charge is 0.263 e. The molecule has 0 saturated heterocycles. The maximum atomic E-state index is 12.2. The number of rotatable bonds is 5. The van der Waals surface area contributed by atoms with Crippen molar-refractivity contribution in [3.8, 4) is 5.75 Å². The predicted molar refractivity (Wildman–Crippen MR) is 75.6 cm³/mol. The van der Waals surface area contributed by atoms with E-state index in [1.807, 2.05) is 0 Å². The molecular weight excluding hydrogens is 296 g/mol. The average molecular weight is 310 g/mol. The summed E-state index contributed by atoms with van der Waals surface area (Å²) in [5.41, 5.74) is 5.90. The van der Waals surface area contributed by atoms with Crippen molar-refractivity contribution in [3.05, 3.63) is 35.5 Å². The van der Waals surface area contributed by atoms with Gasteiger partial charge in [-0.15, -0.1) is 0 Å². The van der Waals surface area contributed by atoms with Crippen LogP contribution in [0.5, 0.6) is 5.75 Å². The van der Waals surface area contributed by atoms with Crippen molar-refractivity contribution in [2.24, 2.45) is 5.73 Å². The number of aromatic nitrogens is 2. The summed E-state index contributed by atoms with van der Waals surface area (Å²) in [4.78, 5) is 11.2. The Bertz CT molecular complexity index is 782. The van der Waals surface area contributed by atoms with Crippen LogP contribution in [0.25, 0.3) is 0 Å². The van der Waals surface area contributed by atoms with Gasteiger partial charge in [-0.1, -0.05) is 0 Å². The lowest BCUT2D eigenvalue weighted by Crippen LogP contribution is -2.17. The fraction of sp³-hybridized carbons (Fsp3) is 0.167. The van der Waals surface area contributed by atoms with Crippen molar-refractivity contribution < 1.29 is 17.9 Å². The number of nitrogens with zero attached hydrogens (tertiary/aromatic N) is 1. The summed E-state index contributed by atoms with van der Waals surface area (Å²) in [6.07, 6.45) is 0. The van der Waals surface area contributed by atoms with E-state index in [1.54, 1.807) is 6.92 Å². The van der Waals surface area contributed by atoms with Gasteiger partial charge >= 0.3 is 0 Å². The quantitative estimate of drug-likeness (QED) is 0.746. The summed E-state index contributed by atoms with van der Waals surface area (Å²) < 4.78 is 31.7. The van der Waals surface area contributed by atoms with E-state index < -0.39 is 15.9 Å². The number of H-pyrrole nitrogens is 1. The SMILES string of the molecule is COc1ccc(S(=O)(=O)Nc2cc(C)[nH]n2)cc1C(N)=O. The lowest BCUT2D eigenvalue weighted by Gasteiger charge is -2.09. The van der Waals surface area contributed by atoms with Crippen LogP contribution in [0.15, 0.2) is 29.2 Å². The topological polar surface area (TPSA) is 127 Å². The Labute approximate surface area is 121 Å². The number of ether oxygens (including phenoxy) is 1. The molecule has 21 heavy (non-hydrogen) atoms. The van der Waals surface area contributed by atoms with Crippen molar-refractivity contribution in [3.63, 3.8) is 0 Å². The van der Waals surface area contributed by atoms with Crippen LogP contribution in [0.2, 0.25) is 0 Å². The molecule has 0 spiro atoms. The van der Waals surface area contributed by atoms with Crippen molar-refractivity contribution in [2.75, 3.05) is 11.8 Å². The minimum Gasteiger partial charge on any atom is -0.496 e. The Kier molecular flexibility index (Phi) is 3.85. The first-order valence-electron chi connectivity index (χ1n) is 5.86. The fourth-order valence-electron chi connectivity index (χ4n) is 1.71. The van der Waals surface area contributed by atoms with E-state index >= 15 is 0 Å². The van der Waals surface area contributed by atoms with E-state index in [2.05, 4.69) is 14.9 Å². The van der Waals surface area contributed by atoms with Crippen LogP contribution in [-0.2, 0) is 10.0 Å². The van der Waals surface area contributed by atoms with Gasteiger partial charge in [0.1, 0.15) is 5.75 Å². The second-order valence-corrected chi connectivity index (χ2v) is 5.95. The fourth-order valence-corrected chi connectivity index (χ4v) is 2.73. The maximum absolute atomic E-state index is 12.2. The first kappa shape index (κ1) is 14.9. The maximum Gasteiger partial charge on any atom is 0.263 e. The highest BCUT2D eigenvalue weighted by molar-refractivity contribution is 7.92. The highest BCUT2D eigenvalue weighted by Gasteiger charge is 2.19. The van der Waals surface area contributed by atoms with Crippen LogP contribution in [-0.4, -0.2) is 31.6 Å². The Morgan fingerprint density at radius 3 is 2.62 bits per heavy atom. The summed E-state index contributed by atoms with van der Waals surface area (Å²) in [6, 6.07) is 5.37. The second-order valence-electron chi connectivity index (χ2n) is 4.27. The Hall–Kier alpha value is -2.55. The first-order valence-corrected chi connectivity index (χ1v) is 7.34. The number of methoxy groups -OCH3 is 1. The molecule has 1 aromatic carbocycles. The van der Waals surface area contributed by atoms with Gasteiger partial charge in [0, 0.05) is 11.8 Å². The summed E-state index contributed by atoms with van der Waals surface area (Å²) in [5, 5.41) is 6.41. The number of carbonyl (C=O) groups excluding carboxylic acids is 1. The molecule has 0 aliphatic carbocycles. The standard InChI is InChI=1S/C12H14N4O4S/c1-7-5-11(15-14-7)16-21(18,19)8-3-4-10(20-2)9(6-8)12(13)17/h3-6H,1-2H3,(H2,13,17)(H2,14,15,16). The molecule has 4 N–H and O–H groups in total. The third-order valence-electron chi connectivity index (χ3n) is 2.69. The van der Waals surface area contributed by atoms with Gasteiger partial charge in [-0.25, -0.2) is 8.42 Å². The van der Waals surface area contributed by atoms with Crippen molar-refractivity contribution >= 4 is 21.7 Å². The zero-order valence-electron chi connectivity index (χ0n) is 11.4. The molecule has 1 heterocycles. The van der Waals surface area contributed by atoms with Gasteiger partial charge in [0.05, 0.1) is 17.6 Å². The number of primary amides is 1. The number of hydrogen-bond donors (Lipinski definition) is 3. The molecule has 0 bridgehead atoms. The van der Waals surface area contributed by atoms with E-state index in [-0.39, 0.29) is 22.0 Å². The Morgan fingerprint density at radius 1 is 1.38 bits per heavy atom. The van der Waals surface area contributed by atoms with Crippen LogP contribution in [0.4, 0.5) is 5.82 Å².